The summed E-state index contributed by atoms with van der Waals surface area (Å²) in [5, 5.41) is 12.8. The van der Waals surface area contributed by atoms with Crippen molar-refractivity contribution < 1.29 is 9.90 Å². The number of piperidine rings is 1. The van der Waals surface area contributed by atoms with Crippen LogP contribution in [0.1, 0.15) is 51.9 Å². The van der Waals surface area contributed by atoms with Gasteiger partial charge in [0.05, 0.1) is 6.10 Å². The first-order valence-corrected chi connectivity index (χ1v) is 7.85. The third kappa shape index (κ3) is 4.77. The monoisotopic (exact) mass is 268 g/mol. The Labute approximate surface area is 116 Å². The highest BCUT2D eigenvalue weighted by molar-refractivity contribution is 5.76. The van der Waals surface area contributed by atoms with Crippen LogP contribution in [0.15, 0.2) is 0 Å². The number of amides is 1. The highest BCUT2D eigenvalue weighted by Crippen LogP contribution is 2.18. The molecule has 19 heavy (non-hydrogen) atoms. The lowest BCUT2D eigenvalue weighted by atomic mass is 9.95. The molecule has 0 aromatic rings. The summed E-state index contributed by atoms with van der Waals surface area (Å²) < 4.78 is 0. The van der Waals surface area contributed by atoms with Gasteiger partial charge >= 0.3 is 0 Å². The molecule has 0 radical (unpaired) electrons. The predicted molar refractivity (Wildman–Crippen MR) is 75.9 cm³/mol. The normalized spacial score (nSPS) is 30.2. The second-order valence-corrected chi connectivity index (χ2v) is 6.29. The van der Waals surface area contributed by atoms with Crippen LogP contribution < -0.4 is 5.32 Å². The first-order valence-electron chi connectivity index (χ1n) is 7.85. The van der Waals surface area contributed by atoms with Gasteiger partial charge in [-0.05, 0) is 25.2 Å². The van der Waals surface area contributed by atoms with E-state index in [1.54, 1.807) is 0 Å². The van der Waals surface area contributed by atoms with Gasteiger partial charge in [-0.2, -0.15) is 0 Å². The zero-order valence-electron chi connectivity index (χ0n) is 12.1. The van der Waals surface area contributed by atoms with Crippen molar-refractivity contribution in [2.45, 2.75) is 64.0 Å². The molecule has 2 unspecified atom stereocenters. The van der Waals surface area contributed by atoms with E-state index in [-0.39, 0.29) is 12.0 Å². The average molecular weight is 268 g/mol. The van der Waals surface area contributed by atoms with Crippen molar-refractivity contribution in [2.75, 3.05) is 19.6 Å². The molecule has 2 aliphatic rings. The molecule has 2 rings (SSSR count). The van der Waals surface area contributed by atoms with Crippen LogP contribution in [-0.2, 0) is 4.79 Å². The zero-order chi connectivity index (χ0) is 13.7. The van der Waals surface area contributed by atoms with Crippen LogP contribution in [0.5, 0.6) is 0 Å². The summed E-state index contributed by atoms with van der Waals surface area (Å²) in [7, 11) is 0. The Bertz CT molecular complexity index is 290. The summed E-state index contributed by atoms with van der Waals surface area (Å²) in [5.74, 6) is 0.529. The number of aliphatic hydroxyl groups is 1. The maximum Gasteiger partial charge on any atom is 0.221 e. The number of hydrogen-bond donors (Lipinski definition) is 2. The molecule has 0 aromatic carbocycles. The van der Waals surface area contributed by atoms with Gasteiger partial charge in [-0.1, -0.05) is 26.2 Å². The van der Waals surface area contributed by atoms with Gasteiger partial charge in [0.1, 0.15) is 0 Å². The van der Waals surface area contributed by atoms with Crippen molar-refractivity contribution in [3.63, 3.8) is 0 Å². The number of nitrogens with one attached hydrogen (secondary N) is 1. The highest BCUT2D eigenvalue weighted by atomic mass is 16.3. The van der Waals surface area contributed by atoms with E-state index in [9.17, 15) is 9.90 Å². The summed E-state index contributed by atoms with van der Waals surface area (Å²) in [6.45, 7) is 4.74. The Morgan fingerprint density at radius 2 is 2.00 bits per heavy atom. The average Bonchev–Trinajstić information content (AvgIpc) is 2.41. The van der Waals surface area contributed by atoms with E-state index in [1.165, 1.54) is 19.3 Å². The van der Waals surface area contributed by atoms with E-state index in [4.69, 9.17) is 0 Å². The molecule has 0 aromatic heterocycles. The van der Waals surface area contributed by atoms with Crippen molar-refractivity contribution in [3.8, 4) is 0 Å². The Morgan fingerprint density at radius 1 is 1.26 bits per heavy atom. The van der Waals surface area contributed by atoms with Crippen LogP contribution in [0, 0.1) is 5.92 Å². The lowest BCUT2D eigenvalue weighted by Crippen LogP contribution is -2.44. The van der Waals surface area contributed by atoms with E-state index >= 15 is 0 Å². The minimum atomic E-state index is -0.160. The Hall–Kier alpha value is -0.610. The summed E-state index contributed by atoms with van der Waals surface area (Å²) in [6.07, 6.45) is 7.41. The van der Waals surface area contributed by atoms with E-state index in [2.05, 4.69) is 17.1 Å². The molecule has 1 saturated carbocycles. The molecule has 2 N–H and O–H groups in total. The fraction of sp³-hybridized carbons (Fsp3) is 0.933. The van der Waals surface area contributed by atoms with Gasteiger partial charge in [0.25, 0.3) is 0 Å². The molecule has 2 atom stereocenters. The third-order valence-corrected chi connectivity index (χ3v) is 4.57. The minimum Gasteiger partial charge on any atom is -0.393 e. The van der Waals surface area contributed by atoms with Crippen molar-refractivity contribution >= 4 is 5.91 Å². The highest BCUT2D eigenvalue weighted by Gasteiger charge is 2.24. The molecule has 0 bridgehead atoms. The maximum absolute atomic E-state index is 11.9. The number of rotatable bonds is 4. The topological polar surface area (TPSA) is 52.6 Å². The van der Waals surface area contributed by atoms with Crippen molar-refractivity contribution in [3.05, 3.63) is 0 Å². The first-order chi connectivity index (χ1) is 9.15. The molecular formula is C15H28N2O2. The zero-order valence-corrected chi connectivity index (χ0v) is 12.1. The molecule has 4 heteroatoms. The molecule has 0 spiro atoms. The molecule has 2 fully saturated rings. The minimum absolute atomic E-state index is 0.160. The van der Waals surface area contributed by atoms with Crippen molar-refractivity contribution in [1.82, 2.24) is 10.2 Å². The van der Waals surface area contributed by atoms with Crippen LogP contribution in [0.3, 0.4) is 0 Å². The van der Waals surface area contributed by atoms with Crippen LogP contribution in [0.25, 0.3) is 0 Å². The van der Waals surface area contributed by atoms with Crippen molar-refractivity contribution in [1.29, 1.82) is 0 Å². The Kier molecular flexibility index (Phi) is 5.64. The van der Waals surface area contributed by atoms with Crippen LogP contribution >= 0.6 is 0 Å². The molecule has 1 heterocycles. The maximum atomic E-state index is 11.9. The Balaban J connectivity index is 1.63. The number of carbonyl (C=O) groups is 1. The predicted octanol–water partition coefficient (Wildman–Crippen LogP) is 1.53. The van der Waals surface area contributed by atoms with Crippen LogP contribution in [0.2, 0.25) is 0 Å². The lowest BCUT2D eigenvalue weighted by Gasteiger charge is -2.34. The molecule has 1 amide bonds. The first kappa shape index (κ1) is 14.8. The summed E-state index contributed by atoms with van der Waals surface area (Å²) >= 11 is 0. The SMILES string of the molecule is CC1CN(CCC(=O)NC2CCCCC2)CCC1O. The quantitative estimate of drug-likeness (QED) is 0.813. The largest absolute Gasteiger partial charge is 0.393 e. The smallest absolute Gasteiger partial charge is 0.221 e. The fourth-order valence-electron chi connectivity index (χ4n) is 3.23. The molecule has 1 aliphatic carbocycles. The third-order valence-electron chi connectivity index (χ3n) is 4.57. The molecule has 1 aliphatic heterocycles. The second kappa shape index (κ2) is 7.25. The van der Waals surface area contributed by atoms with Gasteiger partial charge in [-0.15, -0.1) is 0 Å². The van der Waals surface area contributed by atoms with E-state index < -0.39 is 0 Å². The van der Waals surface area contributed by atoms with Gasteiger partial charge in [0.2, 0.25) is 5.91 Å². The standard InChI is InChI=1S/C15H28N2O2/c1-12-11-17(9-7-14(12)18)10-8-15(19)16-13-5-3-2-4-6-13/h12-14,18H,2-11H2,1H3,(H,16,19). The van der Waals surface area contributed by atoms with Gasteiger partial charge in [-0.25, -0.2) is 0 Å². The molecular weight excluding hydrogens is 240 g/mol. The fourth-order valence-corrected chi connectivity index (χ4v) is 3.23. The number of nitrogens with zero attached hydrogens (tertiary/aromatic N) is 1. The van der Waals surface area contributed by atoms with Crippen LogP contribution in [-0.4, -0.2) is 47.7 Å². The Morgan fingerprint density at radius 3 is 2.68 bits per heavy atom. The van der Waals surface area contributed by atoms with Gasteiger partial charge in [0.15, 0.2) is 0 Å². The second-order valence-electron chi connectivity index (χ2n) is 6.29. The van der Waals surface area contributed by atoms with Gasteiger partial charge in [-0.3, -0.25) is 4.79 Å². The number of carbonyl (C=O) groups excluding carboxylic acids is 1. The number of hydrogen-bond acceptors (Lipinski definition) is 3. The summed E-state index contributed by atoms with van der Waals surface area (Å²) in [4.78, 5) is 14.2. The van der Waals surface area contributed by atoms with E-state index in [0.717, 1.165) is 38.9 Å². The van der Waals surface area contributed by atoms with Gasteiger partial charge in [0, 0.05) is 32.1 Å². The molecule has 4 nitrogen and oxygen atoms in total. The number of aliphatic hydroxyl groups excluding tert-OH is 1. The van der Waals surface area contributed by atoms with Crippen LogP contribution in [0.4, 0.5) is 0 Å². The molecule has 110 valence electrons. The van der Waals surface area contributed by atoms with Gasteiger partial charge < -0.3 is 15.3 Å². The molecule has 1 saturated heterocycles. The summed E-state index contributed by atoms with van der Waals surface area (Å²) in [6, 6.07) is 0.420. The number of likely N-dealkylation sites (tertiary alicyclic amines) is 1. The van der Waals surface area contributed by atoms with E-state index in [0.29, 0.717) is 18.4 Å². The summed E-state index contributed by atoms with van der Waals surface area (Å²) in [5.41, 5.74) is 0. The van der Waals surface area contributed by atoms with E-state index in [1.807, 2.05) is 0 Å². The lowest BCUT2D eigenvalue weighted by molar-refractivity contribution is -0.122. The van der Waals surface area contributed by atoms with Crippen molar-refractivity contribution in [2.24, 2.45) is 5.92 Å².